The summed E-state index contributed by atoms with van der Waals surface area (Å²) < 4.78 is 71.4. The number of carbonyl (C=O) groups excluding carboxylic acids is 1. The van der Waals surface area contributed by atoms with Crippen LogP contribution in [-0.2, 0) is 23.1 Å². The molecule has 12 heteroatoms. The van der Waals surface area contributed by atoms with Gasteiger partial charge in [0.1, 0.15) is 35.3 Å². The summed E-state index contributed by atoms with van der Waals surface area (Å²) >= 11 is 0. The van der Waals surface area contributed by atoms with Crippen molar-refractivity contribution in [3.63, 3.8) is 0 Å². The molecule has 0 bridgehead atoms. The Balaban J connectivity index is 1.82. The van der Waals surface area contributed by atoms with Crippen LogP contribution in [0.1, 0.15) is 46.4 Å². The fraction of sp³-hybridized carbons (Fsp3) is 0.200. The van der Waals surface area contributed by atoms with E-state index in [2.05, 4.69) is 4.98 Å². The minimum absolute atomic E-state index is 0.0185. The van der Waals surface area contributed by atoms with Crippen LogP contribution in [0.25, 0.3) is 33.8 Å². The summed E-state index contributed by atoms with van der Waals surface area (Å²) in [6.07, 6.45) is 1.60. The van der Waals surface area contributed by atoms with Crippen LogP contribution < -0.4 is 11.5 Å². The van der Waals surface area contributed by atoms with E-state index in [0.29, 0.717) is 34.5 Å². The second kappa shape index (κ2) is 11.2. The lowest BCUT2D eigenvalue weighted by atomic mass is 9.95. The number of nitrogens with two attached hydrogens (primary N) is 2. The average molecular weight is 582 g/mol. The van der Waals surface area contributed by atoms with Crippen LogP contribution in [0.2, 0.25) is 0 Å². The first-order valence-corrected chi connectivity index (χ1v) is 12.9. The van der Waals surface area contributed by atoms with Gasteiger partial charge in [0.25, 0.3) is 6.43 Å². The molecule has 218 valence electrons. The number of imidazole rings is 1. The molecule has 8 nitrogen and oxygen atoms in total. The van der Waals surface area contributed by atoms with Gasteiger partial charge in [0.15, 0.2) is 0 Å². The number of halogens is 4. The molecule has 0 spiro atoms. The van der Waals surface area contributed by atoms with Crippen molar-refractivity contribution in [2.75, 3.05) is 25.2 Å². The van der Waals surface area contributed by atoms with Crippen molar-refractivity contribution in [2.24, 2.45) is 7.05 Å². The van der Waals surface area contributed by atoms with Crippen molar-refractivity contribution in [3.8, 4) is 11.1 Å². The number of fused-ring (bicyclic) bond motifs is 2. The average Bonchev–Trinajstić information content (AvgIpc) is 3.49. The maximum absolute atomic E-state index is 14.6. The number of methoxy groups -OCH3 is 1. The van der Waals surface area contributed by atoms with Crippen LogP contribution in [0.4, 0.5) is 28.9 Å². The lowest BCUT2D eigenvalue weighted by Crippen LogP contribution is -2.08. The Kier molecular flexibility index (Phi) is 7.65. The van der Waals surface area contributed by atoms with Crippen molar-refractivity contribution in [2.45, 2.75) is 20.0 Å². The maximum atomic E-state index is 14.6. The van der Waals surface area contributed by atoms with Crippen LogP contribution in [0.15, 0.2) is 48.9 Å². The smallest absolute Gasteiger partial charge is 0.264 e. The van der Waals surface area contributed by atoms with E-state index >= 15 is 0 Å². The molecule has 3 aromatic heterocycles. The largest absolute Gasteiger partial charge is 0.501 e. The third-order valence-corrected chi connectivity index (χ3v) is 7.02. The summed E-state index contributed by atoms with van der Waals surface area (Å²) in [5.41, 5.74) is 12.5. The molecule has 5 rings (SSSR count). The molecule has 5 aromatic rings. The number of carbonyl (C=O) groups is 1. The van der Waals surface area contributed by atoms with E-state index in [9.17, 15) is 22.4 Å². The molecular weight excluding hydrogens is 554 g/mol. The monoisotopic (exact) mass is 581 g/mol. The highest BCUT2D eigenvalue weighted by molar-refractivity contribution is 6.11. The minimum atomic E-state index is -2.91. The molecule has 0 aliphatic carbocycles. The first-order chi connectivity index (χ1) is 20.1. The molecule has 42 heavy (non-hydrogen) atoms. The lowest BCUT2D eigenvalue weighted by molar-refractivity contribution is 0.103. The van der Waals surface area contributed by atoms with Crippen LogP contribution >= 0.6 is 0 Å². The molecule has 0 atom stereocenters. The highest BCUT2D eigenvalue weighted by Gasteiger charge is 2.27. The number of pyridine rings is 1. The zero-order chi connectivity index (χ0) is 30.3. The standard InChI is InChI=1S/C30H27F4N5O3/c1-4-42-9-7-15-12-22(29(40)16-10-19(31)25(35)20(32)11-16)39-8-5-6-17(28(15)39)24-18(30(33)34)13-21-27(26(24)36)37-23(14-41-3)38(21)2/h5-13,30H,4,14,35-36H2,1-3H3/b9-7+. The van der Waals surface area contributed by atoms with E-state index < -0.39 is 29.5 Å². The molecule has 4 N–H and O–H groups in total. The zero-order valence-electron chi connectivity index (χ0n) is 22.9. The Labute approximate surface area is 237 Å². The second-order valence-electron chi connectivity index (χ2n) is 9.51. The van der Waals surface area contributed by atoms with Gasteiger partial charge in [0, 0.05) is 48.2 Å². The molecule has 3 heterocycles. The van der Waals surface area contributed by atoms with Crippen molar-refractivity contribution >= 4 is 39.8 Å². The predicted octanol–water partition coefficient (Wildman–Crippen LogP) is 6.26. The van der Waals surface area contributed by atoms with Gasteiger partial charge >= 0.3 is 0 Å². The number of ether oxygens (including phenoxy) is 2. The fourth-order valence-electron chi connectivity index (χ4n) is 5.02. The van der Waals surface area contributed by atoms with E-state index in [1.54, 1.807) is 42.9 Å². The summed E-state index contributed by atoms with van der Waals surface area (Å²) in [4.78, 5) is 18.1. The number of aromatic nitrogens is 3. The summed E-state index contributed by atoms with van der Waals surface area (Å²) in [5.74, 6) is -2.39. The van der Waals surface area contributed by atoms with Crippen LogP contribution in [0.5, 0.6) is 0 Å². The Morgan fingerprint density at radius 2 is 1.83 bits per heavy atom. The summed E-state index contributed by atoms with van der Waals surface area (Å²) in [7, 11) is 3.18. The van der Waals surface area contributed by atoms with E-state index in [-0.39, 0.29) is 40.2 Å². The molecule has 0 saturated heterocycles. The number of aryl methyl sites for hydroxylation is 1. The first kappa shape index (κ1) is 28.7. The molecule has 0 aliphatic rings. The fourth-order valence-corrected chi connectivity index (χ4v) is 5.02. The van der Waals surface area contributed by atoms with Gasteiger partial charge in [-0.25, -0.2) is 22.5 Å². The number of hydrogen-bond acceptors (Lipinski definition) is 6. The predicted molar refractivity (Wildman–Crippen MR) is 152 cm³/mol. The number of anilines is 2. The van der Waals surface area contributed by atoms with Gasteiger partial charge in [0.2, 0.25) is 5.78 Å². The van der Waals surface area contributed by atoms with Crippen LogP contribution in [-0.4, -0.2) is 33.5 Å². The minimum Gasteiger partial charge on any atom is -0.501 e. The second-order valence-corrected chi connectivity index (χ2v) is 9.51. The number of rotatable bonds is 9. The summed E-state index contributed by atoms with van der Waals surface area (Å²) in [5, 5.41) is 0. The Morgan fingerprint density at radius 3 is 2.48 bits per heavy atom. The SMILES string of the molecule is CCO/C=C/c1cc(C(=O)c2cc(F)c(N)c(F)c2)n2cccc(-c3c(C(F)F)cc4c(nc(COC)n4C)c3N)c12. The van der Waals surface area contributed by atoms with Gasteiger partial charge in [-0.05, 0) is 43.3 Å². The summed E-state index contributed by atoms with van der Waals surface area (Å²) in [6, 6.07) is 7.68. The number of ketones is 1. The summed E-state index contributed by atoms with van der Waals surface area (Å²) in [6.45, 7) is 2.28. The third kappa shape index (κ3) is 4.73. The molecule has 2 aromatic carbocycles. The Morgan fingerprint density at radius 1 is 1.12 bits per heavy atom. The first-order valence-electron chi connectivity index (χ1n) is 12.9. The molecule has 0 saturated carbocycles. The molecular formula is C30H27F4N5O3. The van der Waals surface area contributed by atoms with Crippen molar-refractivity contribution < 1.29 is 31.8 Å². The normalized spacial score (nSPS) is 11.9. The van der Waals surface area contributed by atoms with Crippen LogP contribution in [0, 0.1) is 11.6 Å². The zero-order valence-corrected chi connectivity index (χ0v) is 22.9. The van der Waals surface area contributed by atoms with Gasteiger partial charge in [-0.15, -0.1) is 0 Å². The molecule has 0 unspecified atom stereocenters. The number of hydrogen-bond donors (Lipinski definition) is 2. The van der Waals surface area contributed by atoms with Crippen molar-refractivity contribution in [1.82, 2.24) is 14.0 Å². The van der Waals surface area contributed by atoms with Gasteiger partial charge < -0.3 is 29.9 Å². The van der Waals surface area contributed by atoms with E-state index in [4.69, 9.17) is 20.9 Å². The van der Waals surface area contributed by atoms with Gasteiger partial charge in [0.05, 0.1) is 35.3 Å². The highest BCUT2D eigenvalue weighted by Crippen LogP contribution is 2.43. The highest BCUT2D eigenvalue weighted by atomic mass is 19.3. The number of benzene rings is 2. The maximum Gasteiger partial charge on any atom is 0.264 e. The van der Waals surface area contributed by atoms with Crippen molar-refractivity contribution in [3.05, 3.63) is 88.7 Å². The van der Waals surface area contributed by atoms with Gasteiger partial charge in [-0.2, -0.15) is 0 Å². The Bertz CT molecular complexity index is 1850. The number of nitrogens with zero attached hydrogens (tertiary/aromatic N) is 3. The molecule has 0 radical (unpaired) electrons. The van der Waals surface area contributed by atoms with E-state index in [1.807, 2.05) is 0 Å². The van der Waals surface area contributed by atoms with E-state index in [1.165, 1.54) is 29.9 Å². The lowest BCUT2D eigenvalue weighted by Gasteiger charge is -2.16. The molecule has 0 amide bonds. The Hall–Kier alpha value is -4.84. The topological polar surface area (TPSA) is 110 Å². The molecule has 0 fully saturated rings. The van der Waals surface area contributed by atoms with Gasteiger partial charge in [-0.3, -0.25) is 4.79 Å². The molecule has 0 aliphatic heterocycles. The third-order valence-electron chi connectivity index (χ3n) is 7.02. The quantitative estimate of drug-likeness (QED) is 0.0921. The van der Waals surface area contributed by atoms with Gasteiger partial charge in [-0.1, -0.05) is 6.07 Å². The van der Waals surface area contributed by atoms with Crippen LogP contribution in [0.3, 0.4) is 0 Å². The van der Waals surface area contributed by atoms with E-state index in [0.717, 1.165) is 12.1 Å². The number of alkyl halides is 2. The van der Waals surface area contributed by atoms with Crippen molar-refractivity contribution in [1.29, 1.82) is 0 Å². The number of nitrogen functional groups attached to an aromatic ring is 2.